The zero-order chi connectivity index (χ0) is 14.3. The maximum atomic E-state index is 6.38. The Morgan fingerprint density at radius 3 is 2.75 bits per heavy atom. The lowest BCUT2D eigenvalue weighted by atomic mass is 9.88. The third-order valence-electron chi connectivity index (χ3n) is 5.04. The van der Waals surface area contributed by atoms with Crippen LogP contribution in [-0.2, 0) is 0 Å². The SMILES string of the molecule is CN(CC1CC2CCC1C2)c1ccc(C(N)=S)cc1Cl. The quantitative estimate of drug-likeness (QED) is 0.857. The number of fused-ring (bicyclic) bond motifs is 2. The van der Waals surface area contributed by atoms with Crippen molar-refractivity contribution in [2.24, 2.45) is 23.5 Å². The summed E-state index contributed by atoms with van der Waals surface area (Å²) in [6.45, 7) is 1.10. The predicted molar refractivity (Wildman–Crippen MR) is 89.5 cm³/mol. The Bertz CT molecular complexity index is 531. The summed E-state index contributed by atoms with van der Waals surface area (Å²) in [5.74, 6) is 2.77. The van der Waals surface area contributed by atoms with Crippen LogP contribution in [0.3, 0.4) is 0 Å². The number of benzene rings is 1. The smallest absolute Gasteiger partial charge is 0.104 e. The van der Waals surface area contributed by atoms with Gasteiger partial charge in [0.25, 0.3) is 0 Å². The van der Waals surface area contributed by atoms with Crippen molar-refractivity contribution in [1.29, 1.82) is 0 Å². The lowest BCUT2D eigenvalue weighted by Gasteiger charge is -2.29. The van der Waals surface area contributed by atoms with Gasteiger partial charge in [-0.3, -0.25) is 0 Å². The molecule has 0 spiro atoms. The number of nitrogens with two attached hydrogens (primary N) is 1. The summed E-state index contributed by atoms with van der Waals surface area (Å²) >= 11 is 11.4. The molecule has 3 rings (SSSR count). The van der Waals surface area contributed by atoms with E-state index in [2.05, 4.69) is 11.9 Å². The fourth-order valence-electron chi connectivity index (χ4n) is 4.02. The third-order valence-corrected chi connectivity index (χ3v) is 5.57. The van der Waals surface area contributed by atoms with E-state index in [9.17, 15) is 0 Å². The van der Waals surface area contributed by atoms with Gasteiger partial charge in [-0.1, -0.05) is 30.2 Å². The van der Waals surface area contributed by atoms with Gasteiger partial charge in [0.15, 0.2) is 0 Å². The van der Waals surface area contributed by atoms with Crippen LogP contribution in [0.4, 0.5) is 5.69 Å². The van der Waals surface area contributed by atoms with Gasteiger partial charge in [0.05, 0.1) is 10.7 Å². The molecule has 0 aliphatic heterocycles. The molecule has 2 nitrogen and oxygen atoms in total. The maximum Gasteiger partial charge on any atom is 0.104 e. The summed E-state index contributed by atoms with van der Waals surface area (Å²) in [6, 6.07) is 5.86. The number of hydrogen-bond acceptors (Lipinski definition) is 2. The Balaban J connectivity index is 1.71. The molecule has 1 aromatic rings. The lowest BCUT2D eigenvalue weighted by Crippen LogP contribution is -2.28. The molecule has 2 bridgehead atoms. The van der Waals surface area contributed by atoms with E-state index in [1.807, 2.05) is 18.2 Å². The normalized spacial score (nSPS) is 27.8. The van der Waals surface area contributed by atoms with Crippen molar-refractivity contribution in [3.63, 3.8) is 0 Å². The standard InChI is InChI=1S/C16H21ClN2S/c1-19(9-13-7-10-2-3-11(13)6-10)15-5-4-12(16(18)20)8-14(15)17/h4-5,8,10-11,13H,2-3,6-7,9H2,1H3,(H2,18,20). The van der Waals surface area contributed by atoms with Crippen LogP contribution in [0.25, 0.3) is 0 Å². The molecule has 1 aromatic carbocycles. The molecule has 2 saturated carbocycles. The van der Waals surface area contributed by atoms with Gasteiger partial charge in [-0.15, -0.1) is 0 Å². The molecule has 2 N–H and O–H groups in total. The Labute approximate surface area is 131 Å². The molecule has 0 radical (unpaired) electrons. The summed E-state index contributed by atoms with van der Waals surface area (Å²) in [7, 11) is 2.13. The van der Waals surface area contributed by atoms with Gasteiger partial charge in [0.2, 0.25) is 0 Å². The van der Waals surface area contributed by atoms with Gasteiger partial charge in [-0.05, 0) is 55.2 Å². The van der Waals surface area contributed by atoms with E-state index in [1.54, 1.807) is 0 Å². The van der Waals surface area contributed by atoms with E-state index in [0.717, 1.165) is 40.6 Å². The second-order valence-corrected chi connectivity index (χ2v) is 7.19. The van der Waals surface area contributed by atoms with Gasteiger partial charge in [0, 0.05) is 19.2 Å². The third kappa shape index (κ3) is 2.66. The molecule has 0 amide bonds. The number of hydrogen-bond donors (Lipinski definition) is 1. The number of thiocarbonyl (C=S) groups is 1. The highest BCUT2D eigenvalue weighted by molar-refractivity contribution is 7.80. The maximum absolute atomic E-state index is 6.38. The van der Waals surface area contributed by atoms with Crippen molar-refractivity contribution in [3.8, 4) is 0 Å². The summed E-state index contributed by atoms with van der Waals surface area (Å²) < 4.78 is 0. The zero-order valence-corrected chi connectivity index (χ0v) is 13.4. The van der Waals surface area contributed by atoms with Crippen LogP contribution in [-0.4, -0.2) is 18.6 Å². The van der Waals surface area contributed by atoms with Crippen molar-refractivity contribution in [2.45, 2.75) is 25.7 Å². The van der Waals surface area contributed by atoms with Crippen LogP contribution in [0.1, 0.15) is 31.2 Å². The van der Waals surface area contributed by atoms with Crippen molar-refractivity contribution >= 4 is 34.5 Å². The van der Waals surface area contributed by atoms with E-state index < -0.39 is 0 Å². The van der Waals surface area contributed by atoms with Gasteiger partial charge >= 0.3 is 0 Å². The van der Waals surface area contributed by atoms with Crippen LogP contribution in [0.5, 0.6) is 0 Å². The molecule has 4 heteroatoms. The lowest BCUT2D eigenvalue weighted by molar-refractivity contribution is 0.337. The molecule has 3 unspecified atom stereocenters. The first-order valence-electron chi connectivity index (χ1n) is 7.35. The van der Waals surface area contributed by atoms with Crippen molar-refractivity contribution in [2.75, 3.05) is 18.5 Å². The largest absolute Gasteiger partial charge is 0.389 e. The first kappa shape index (κ1) is 14.2. The zero-order valence-electron chi connectivity index (χ0n) is 11.8. The summed E-state index contributed by atoms with van der Waals surface area (Å²) in [6.07, 6.45) is 5.73. The number of rotatable bonds is 4. The molecule has 2 fully saturated rings. The fourth-order valence-corrected chi connectivity index (χ4v) is 4.47. The Kier molecular flexibility index (Phi) is 3.91. The minimum absolute atomic E-state index is 0.397. The van der Waals surface area contributed by atoms with E-state index >= 15 is 0 Å². The monoisotopic (exact) mass is 308 g/mol. The first-order chi connectivity index (χ1) is 9.54. The molecular weight excluding hydrogens is 288 g/mol. The van der Waals surface area contributed by atoms with E-state index in [1.165, 1.54) is 25.7 Å². The molecule has 3 atom stereocenters. The van der Waals surface area contributed by atoms with Crippen LogP contribution in [0.15, 0.2) is 18.2 Å². The number of halogens is 1. The summed E-state index contributed by atoms with van der Waals surface area (Å²) in [4.78, 5) is 2.69. The highest BCUT2D eigenvalue weighted by Gasteiger charge is 2.39. The average Bonchev–Trinajstić information content (AvgIpc) is 3.00. The summed E-state index contributed by atoms with van der Waals surface area (Å²) in [5.41, 5.74) is 7.55. The average molecular weight is 309 g/mol. The van der Waals surface area contributed by atoms with Crippen molar-refractivity contribution in [3.05, 3.63) is 28.8 Å². The molecule has 108 valence electrons. The molecule has 2 aliphatic carbocycles. The minimum Gasteiger partial charge on any atom is -0.389 e. The molecular formula is C16H21ClN2S. The van der Waals surface area contributed by atoms with Gasteiger partial charge < -0.3 is 10.6 Å². The van der Waals surface area contributed by atoms with E-state index in [-0.39, 0.29) is 0 Å². The van der Waals surface area contributed by atoms with Gasteiger partial charge in [-0.25, -0.2) is 0 Å². The first-order valence-corrected chi connectivity index (χ1v) is 8.13. The molecule has 20 heavy (non-hydrogen) atoms. The van der Waals surface area contributed by atoms with Crippen LogP contribution >= 0.6 is 23.8 Å². The molecule has 2 aliphatic rings. The second-order valence-electron chi connectivity index (χ2n) is 6.35. The van der Waals surface area contributed by atoms with Crippen LogP contribution in [0.2, 0.25) is 5.02 Å². The van der Waals surface area contributed by atoms with Crippen molar-refractivity contribution < 1.29 is 0 Å². The van der Waals surface area contributed by atoms with Gasteiger partial charge in [-0.2, -0.15) is 0 Å². The molecule has 0 heterocycles. The van der Waals surface area contributed by atoms with Crippen LogP contribution in [0, 0.1) is 17.8 Å². The van der Waals surface area contributed by atoms with E-state index in [4.69, 9.17) is 29.6 Å². The highest BCUT2D eigenvalue weighted by atomic mass is 35.5. The Morgan fingerprint density at radius 1 is 1.40 bits per heavy atom. The number of anilines is 1. The highest BCUT2D eigenvalue weighted by Crippen LogP contribution is 2.48. The number of nitrogens with zero attached hydrogens (tertiary/aromatic N) is 1. The minimum atomic E-state index is 0.397. The van der Waals surface area contributed by atoms with Crippen molar-refractivity contribution in [1.82, 2.24) is 0 Å². The van der Waals surface area contributed by atoms with Crippen LogP contribution < -0.4 is 10.6 Å². The second kappa shape index (κ2) is 5.53. The van der Waals surface area contributed by atoms with Gasteiger partial charge in [0.1, 0.15) is 4.99 Å². The summed E-state index contributed by atoms with van der Waals surface area (Å²) in [5, 5.41) is 0.737. The fraction of sp³-hybridized carbons (Fsp3) is 0.562. The molecule has 0 aromatic heterocycles. The topological polar surface area (TPSA) is 29.3 Å². The predicted octanol–water partition coefficient (Wildman–Crippen LogP) is 3.85. The Morgan fingerprint density at radius 2 is 2.20 bits per heavy atom. The van der Waals surface area contributed by atoms with E-state index in [0.29, 0.717) is 4.99 Å². The molecule has 0 saturated heterocycles. The Hall–Kier alpha value is -0.800.